The molecule has 1 fully saturated rings. The van der Waals surface area contributed by atoms with Crippen LogP contribution in [0.3, 0.4) is 0 Å². The second-order valence-corrected chi connectivity index (χ2v) is 7.99. The van der Waals surface area contributed by atoms with Gasteiger partial charge in [0.2, 0.25) is 5.95 Å². The summed E-state index contributed by atoms with van der Waals surface area (Å²) in [5.41, 5.74) is 4.65. The second-order valence-electron chi connectivity index (χ2n) is 7.99. The molecule has 5 rings (SSSR count). The Morgan fingerprint density at radius 3 is 2.69 bits per heavy atom. The molecule has 1 aliphatic carbocycles. The predicted molar refractivity (Wildman–Crippen MR) is 115 cm³/mol. The van der Waals surface area contributed by atoms with Crippen molar-refractivity contribution in [1.29, 1.82) is 0 Å². The summed E-state index contributed by atoms with van der Waals surface area (Å²) in [6.07, 6.45) is 10.4. The van der Waals surface area contributed by atoms with Crippen LogP contribution in [0.15, 0.2) is 48.9 Å². The molecule has 7 nitrogen and oxygen atoms in total. The fourth-order valence-electron chi connectivity index (χ4n) is 4.21. The molecule has 0 saturated heterocycles. The Bertz CT molecular complexity index is 1140. The molecule has 4 aromatic heterocycles. The maximum atomic E-state index is 4.75. The number of hydrogen-bond donors (Lipinski definition) is 1. The molecule has 0 bridgehead atoms. The zero-order valence-corrected chi connectivity index (χ0v) is 16.8. The van der Waals surface area contributed by atoms with Gasteiger partial charge in [-0.3, -0.25) is 4.98 Å². The van der Waals surface area contributed by atoms with Crippen LogP contribution >= 0.6 is 0 Å². The zero-order chi connectivity index (χ0) is 19.8. The molecule has 4 heterocycles. The van der Waals surface area contributed by atoms with E-state index < -0.39 is 0 Å². The van der Waals surface area contributed by atoms with E-state index in [1.165, 1.54) is 12.8 Å². The average Bonchev–Trinajstić information content (AvgIpc) is 3.17. The maximum absolute atomic E-state index is 4.75. The van der Waals surface area contributed by atoms with Crippen molar-refractivity contribution in [3.05, 3.63) is 48.9 Å². The maximum Gasteiger partial charge on any atom is 0.241 e. The van der Waals surface area contributed by atoms with E-state index in [4.69, 9.17) is 4.98 Å². The first-order valence-electron chi connectivity index (χ1n) is 10.2. The Balaban J connectivity index is 1.37. The summed E-state index contributed by atoms with van der Waals surface area (Å²) >= 11 is 0. The zero-order valence-electron chi connectivity index (χ0n) is 16.8. The molecular weight excluding hydrogens is 362 g/mol. The summed E-state index contributed by atoms with van der Waals surface area (Å²) in [5, 5.41) is 8.20. The highest BCUT2D eigenvalue weighted by molar-refractivity contribution is 5.83. The van der Waals surface area contributed by atoms with Gasteiger partial charge in [0.25, 0.3) is 0 Å². The standard InChI is InChI=1S/C22H25N7/c1-28(2)16-7-5-15(6-8-16)25-22-24-14-21-17(11-13-29(21)27-22)18-9-10-19-20(26-18)4-3-12-23-19/h3-4,9-16H,5-8H2,1-2H3,(H,25,27). The fraction of sp³-hybridized carbons (Fsp3) is 0.364. The molecule has 0 aliphatic heterocycles. The van der Waals surface area contributed by atoms with E-state index in [0.29, 0.717) is 18.0 Å². The van der Waals surface area contributed by atoms with Gasteiger partial charge in [0.15, 0.2) is 0 Å². The number of aromatic nitrogens is 5. The number of anilines is 1. The van der Waals surface area contributed by atoms with Crippen LogP contribution in [0.1, 0.15) is 25.7 Å². The molecule has 0 atom stereocenters. The first-order chi connectivity index (χ1) is 14.2. The van der Waals surface area contributed by atoms with E-state index in [-0.39, 0.29) is 0 Å². The third-order valence-electron chi connectivity index (χ3n) is 5.91. The van der Waals surface area contributed by atoms with Crippen LogP contribution in [0.25, 0.3) is 27.8 Å². The minimum atomic E-state index is 0.438. The van der Waals surface area contributed by atoms with Crippen LogP contribution in [0.4, 0.5) is 5.95 Å². The summed E-state index contributed by atoms with van der Waals surface area (Å²) in [4.78, 5) is 16.0. The molecule has 4 aromatic rings. The van der Waals surface area contributed by atoms with Crippen molar-refractivity contribution in [2.24, 2.45) is 0 Å². The minimum Gasteiger partial charge on any atom is -0.350 e. The lowest BCUT2D eigenvalue weighted by molar-refractivity contribution is 0.221. The summed E-state index contributed by atoms with van der Waals surface area (Å²) in [5.74, 6) is 0.684. The molecule has 1 aliphatic rings. The fourth-order valence-corrected chi connectivity index (χ4v) is 4.21. The van der Waals surface area contributed by atoms with Crippen LogP contribution < -0.4 is 5.32 Å². The normalized spacial score (nSPS) is 19.8. The van der Waals surface area contributed by atoms with Crippen LogP contribution in [0.5, 0.6) is 0 Å². The van der Waals surface area contributed by atoms with Crippen LogP contribution in [0.2, 0.25) is 0 Å². The van der Waals surface area contributed by atoms with E-state index in [2.05, 4.69) is 39.4 Å². The predicted octanol–water partition coefficient (Wildman–Crippen LogP) is 3.62. The Kier molecular flexibility index (Phi) is 4.60. The molecule has 0 spiro atoms. The van der Waals surface area contributed by atoms with Gasteiger partial charge in [-0.2, -0.15) is 0 Å². The van der Waals surface area contributed by atoms with E-state index in [0.717, 1.165) is 40.6 Å². The monoisotopic (exact) mass is 387 g/mol. The lowest BCUT2D eigenvalue weighted by Crippen LogP contribution is -2.36. The smallest absolute Gasteiger partial charge is 0.241 e. The molecule has 148 valence electrons. The van der Waals surface area contributed by atoms with Gasteiger partial charge in [-0.25, -0.2) is 14.5 Å². The number of hydrogen-bond acceptors (Lipinski definition) is 6. The highest BCUT2D eigenvalue weighted by Gasteiger charge is 2.23. The molecule has 0 amide bonds. The van der Waals surface area contributed by atoms with E-state index >= 15 is 0 Å². The van der Waals surface area contributed by atoms with Gasteiger partial charge < -0.3 is 10.2 Å². The molecule has 0 unspecified atom stereocenters. The van der Waals surface area contributed by atoms with E-state index in [1.807, 2.05) is 47.2 Å². The van der Waals surface area contributed by atoms with Gasteiger partial charge >= 0.3 is 0 Å². The van der Waals surface area contributed by atoms with Crippen molar-refractivity contribution < 1.29 is 0 Å². The van der Waals surface area contributed by atoms with Crippen LogP contribution in [-0.4, -0.2) is 55.6 Å². The van der Waals surface area contributed by atoms with Crippen LogP contribution in [0, 0.1) is 0 Å². The minimum absolute atomic E-state index is 0.438. The van der Waals surface area contributed by atoms with E-state index in [1.54, 1.807) is 6.20 Å². The van der Waals surface area contributed by atoms with Crippen molar-refractivity contribution in [2.45, 2.75) is 37.8 Å². The van der Waals surface area contributed by atoms with Crippen molar-refractivity contribution in [3.63, 3.8) is 0 Å². The summed E-state index contributed by atoms with van der Waals surface area (Å²) in [6.45, 7) is 0. The highest BCUT2D eigenvalue weighted by atomic mass is 15.3. The van der Waals surface area contributed by atoms with Gasteiger partial charge in [-0.05, 0) is 70.1 Å². The topological polar surface area (TPSA) is 71.2 Å². The van der Waals surface area contributed by atoms with Crippen LogP contribution in [-0.2, 0) is 0 Å². The Labute approximate surface area is 169 Å². The molecule has 7 heteroatoms. The molecule has 1 saturated carbocycles. The van der Waals surface area contributed by atoms with Gasteiger partial charge in [-0.15, -0.1) is 5.10 Å². The third-order valence-corrected chi connectivity index (χ3v) is 5.91. The third kappa shape index (κ3) is 3.53. The van der Waals surface area contributed by atoms with Gasteiger partial charge in [0.05, 0.1) is 28.4 Å². The quantitative estimate of drug-likeness (QED) is 0.577. The Morgan fingerprint density at radius 2 is 1.86 bits per heavy atom. The molecular formula is C22H25N7. The highest BCUT2D eigenvalue weighted by Crippen LogP contribution is 2.26. The second kappa shape index (κ2) is 7.40. The Morgan fingerprint density at radius 1 is 1.00 bits per heavy atom. The van der Waals surface area contributed by atoms with E-state index in [9.17, 15) is 0 Å². The molecule has 1 N–H and O–H groups in total. The lowest BCUT2D eigenvalue weighted by atomic mass is 9.91. The summed E-state index contributed by atoms with van der Waals surface area (Å²) in [7, 11) is 4.33. The van der Waals surface area contributed by atoms with Gasteiger partial charge in [-0.1, -0.05) is 0 Å². The van der Waals surface area contributed by atoms with Crippen molar-refractivity contribution in [2.75, 3.05) is 19.4 Å². The van der Waals surface area contributed by atoms with Gasteiger partial charge in [0, 0.05) is 30.0 Å². The molecule has 0 aromatic carbocycles. The lowest BCUT2D eigenvalue weighted by Gasteiger charge is -2.32. The molecule has 0 radical (unpaired) electrons. The first-order valence-corrected chi connectivity index (χ1v) is 10.2. The SMILES string of the molecule is CN(C)C1CCC(Nc2ncc3c(-c4ccc5ncccc5n4)ccn3n2)CC1. The first kappa shape index (κ1) is 18.0. The average molecular weight is 387 g/mol. The number of nitrogens with zero attached hydrogens (tertiary/aromatic N) is 6. The van der Waals surface area contributed by atoms with Crippen molar-refractivity contribution in [1.82, 2.24) is 29.5 Å². The number of nitrogens with one attached hydrogen (secondary N) is 1. The van der Waals surface area contributed by atoms with Crippen molar-refractivity contribution >= 4 is 22.5 Å². The summed E-state index contributed by atoms with van der Waals surface area (Å²) < 4.78 is 1.88. The number of rotatable bonds is 4. The number of pyridine rings is 2. The largest absolute Gasteiger partial charge is 0.350 e. The van der Waals surface area contributed by atoms with Gasteiger partial charge in [0.1, 0.15) is 0 Å². The Hall–Kier alpha value is -3.06. The number of fused-ring (bicyclic) bond motifs is 2. The van der Waals surface area contributed by atoms with Crippen molar-refractivity contribution in [3.8, 4) is 11.3 Å². The molecule has 29 heavy (non-hydrogen) atoms. The summed E-state index contributed by atoms with van der Waals surface area (Å²) in [6, 6.07) is 11.1.